The first-order valence-electron chi connectivity index (χ1n) is 11.7. The molecule has 0 radical (unpaired) electrons. The number of ether oxygens (including phenoxy) is 1. The second kappa shape index (κ2) is 7.55. The lowest BCUT2D eigenvalue weighted by atomic mass is 9.65. The topological polar surface area (TPSA) is 62.2 Å². The van der Waals surface area contributed by atoms with Gasteiger partial charge in [0.25, 0.3) is 11.8 Å². The van der Waals surface area contributed by atoms with E-state index in [-0.39, 0.29) is 17.2 Å². The molecule has 0 aliphatic carbocycles. The number of amidine groups is 1. The highest BCUT2D eigenvalue weighted by molar-refractivity contribution is 8.18. The summed E-state index contributed by atoms with van der Waals surface area (Å²) in [6, 6.07) is 16.6. The van der Waals surface area contributed by atoms with E-state index in [0.717, 1.165) is 23.2 Å². The highest BCUT2D eigenvalue weighted by Crippen LogP contribution is 2.57. The van der Waals surface area contributed by atoms with Crippen molar-refractivity contribution in [1.29, 1.82) is 0 Å². The van der Waals surface area contributed by atoms with E-state index < -0.39 is 5.54 Å². The van der Waals surface area contributed by atoms with Gasteiger partial charge in [0.05, 0.1) is 29.4 Å². The Morgan fingerprint density at radius 3 is 2.44 bits per heavy atom. The van der Waals surface area contributed by atoms with Crippen LogP contribution in [0.3, 0.4) is 0 Å². The SMILES string of the molecule is CC1(c2ccccc2)CC(C)(C)N2C(=O)C(=C3SC(N4CCOCC4)=NC3=O)c3cccc1c32. The van der Waals surface area contributed by atoms with Gasteiger partial charge >= 0.3 is 0 Å². The van der Waals surface area contributed by atoms with Gasteiger partial charge in [-0.1, -0.05) is 55.5 Å². The first-order valence-corrected chi connectivity index (χ1v) is 12.5. The van der Waals surface area contributed by atoms with Gasteiger partial charge in [-0.3, -0.25) is 9.59 Å². The fourth-order valence-corrected chi connectivity index (χ4v) is 7.06. The molecule has 0 aromatic heterocycles. The molecule has 1 saturated heterocycles. The Bertz CT molecular complexity index is 1280. The van der Waals surface area contributed by atoms with E-state index in [9.17, 15) is 9.59 Å². The number of thioether (sulfide) groups is 1. The molecule has 0 bridgehead atoms. The molecule has 1 atom stereocenters. The van der Waals surface area contributed by atoms with E-state index in [1.165, 1.54) is 17.3 Å². The summed E-state index contributed by atoms with van der Waals surface area (Å²) in [6.45, 7) is 9.14. The van der Waals surface area contributed by atoms with Crippen molar-refractivity contribution in [3.8, 4) is 0 Å². The third-order valence-corrected chi connectivity index (χ3v) is 8.55. The summed E-state index contributed by atoms with van der Waals surface area (Å²) in [6.07, 6.45) is 0.783. The third kappa shape index (κ3) is 3.03. The fraction of sp³-hybridized carbons (Fsp3) is 0.370. The minimum Gasteiger partial charge on any atom is -0.378 e. The first kappa shape index (κ1) is 21.6. The quantitative estimate of drug-likeness (QED) is 0.581. The number of rotatable bonds is 1. The largest absolute Gasteiger partial charge is 0.378 e. The average Bonchev–Trinajstić information content (AvgIpc) is 3.35. The van der Waals surface area contributed by atoms with Crippen molar-refractivity contribution in [2.45, 2.75) is 38.1 Å². The van der Waals surface area contributed by atoms with Crippen molar-refractivity contribution >= 4 is 40.0 Å². The Hall–Kier alpha value is -2.90. The molecular weight excluding hydrogens is 446 g/mol. The number of nitrogens with zero attached hydrogens (tertiary/aromatic N) is 3. The van der Waals surface area contributed by atoms with Crippen LogP contribution >= 0.6 is 11.8 Å². The normalized spacial score (nSPS) is 27.8. The Kier molecular flexibility index (Phi) is 4.80. The number of benzene rings is 2. The molecule has 2 aromatic carbocycles. The first-order chi connectivity index (χ1) is 16.3. The van der Waals surface area contributed by atoms with E-state index in [1.54, 1.807) is 0 Å². The number of hydrogen-bond donors (Lipinski definition) is 0. The monoisotopic (exact) mass is 473 g/mol. The summed E-state index contributed by atoms with van der Waals surface area (Å²) in [5.74, 6) is -0.423. The molecular formula is C27H27N3O3S. The molecule has 0 saturated carbocycles. The van der Waals surface area contributed by atoms with Crippen molar-refractivity contribution in [3.63, 3.8) is 0 Å². The van der Waals surface area contributed by atoms with Crippen LogP contribution in [0.5, 0.6) is 0 Å². The molecule has 6 nitrogen and oxygen atoms in total. The Morgan fingerprint density at radius 2 is 1.71 bits per heavy atom. The lowest BCUT2D eigenvalue weighted by Crippen LogP contribution is -2.54. The number of aliphatic imine (C=N–C) groups is 1. The van der Waals surface area contributed by atoms with Crippen molar-refractivity contribution in [3.05, 3.63) is 70.1 Å². The maximum absolute atomic E-state index is 14.0. The summed E-state index contributed by atoms with van der Waals surface area (Å²) < 4.78 is 5.44. The second-order valence-corrected chi connectivity index (χ2v) is 11.1. The van der Waals surface area contributed by atoms with E-state index in [2.05, 4.69) is 61.0 Å². The molecule has 6 rings (SSSR count). The van der Waals surface area contributed by atoms with Gasteiger partial charge in [0.1, 0.15) is 0 Å². The molecule has 0 N–H and O–H groups in total. The van der Waals surface area contributed by atoms with Crippen LogP contribution in [-0.2, 0) is 19.7 Å². The van der Waals surface area contributed by atoms with Gasteiger partial charge in [0.2, 0.25) is 0 Å². The fourth-order valence-electron chi connectivity index (χ4n) is 6.00. The molecule has 4 heterocycles. The van der Waals surface area contributed by atoms with Crippen LogP contribution < -0.4 is 4.90 Å². The van der Waals surface area contributed by atoms with Crippen LogP contribution in [0, 0.1) is 0 Å². The van der Waals surface area contributed by atoms with Crippen LogP contribution in [0.4, 0.5) is 5.69 Å². The van der Waals surface area contributed by atoms with Gasteiger partial charge in [-0.05, 0) is 43.2 Å². The molecule has 4 aliphatic rings. The molecule has 34 heavy (non-hydrogen) atoms. The van der Waals surface area contributed by atoms with Crippen LogP contribution in [-0.4, -0.2) is 53.7 Å². The molecule has 0 spiro atoms. The number of morpholine rings is 1. The van der Waals surface area contributed by atoms with Crippen LogP contribution in [0.2, 0.25) is 0 Å². The van der Waals surface area contributed by atoms with Gasteiger partial charge in [0.15, 0.2) is 5.17 Å². The van der Waals surface area contributed by atoms with Crippen LogP contribution in [0.15, 0.2) is 58.4 Å². The minimum atomic E-state index is -0.423. The highest BCUT2D eigenvalue weighted by atomic mass is 32.2. The van der Waals surface area contributed by atoms with E-state index in [1.807, 2.05) is 23.1 Å². The second-order valence-electron chi connectivity index (χ2n) is 10.1. The zero-order valence-corrected chi connectivity index (χ0v) is 20.4. The summed E-state index contributed by atoms with van der Waals surface area (Å²) in [7, 11) is 0. The lowest BCUT2D eigenvalue weighted by Gasteiger charge is -2.49. The van der Waals surface area contributed by atoms with E-state index >= 15 is 0 Å². The average molecular weight is 474 g/mol. The zero-order valence-electron chi connectivity index (χ0n) is 19.6. The molecule has 2 aromatic rings. The molecule has 1 unspecified atom stereocenters. The number of carbonyl (C=O) groups is 2. The predicted molar refractivity (Wildman–Crippen MR) is 135 cm³/mol. The van der Waals surface area contributed by atoms with Gasteiger partial charge in [-0.15, -0.1) is 0 Å². The number of anilines is 1. The maximum Gasteiger partial charge on any atom is 0.287 e. The summed E-state index contributed by atoms with van der Waals surface area (Å²) in [5.41, 5.74) is 3.95. The number of carbonyl (C=O) groups excluding carboxylic acids is 2. The molecule has 4 aliphatic heterocycles. The Morgan fingerprint density at radius 1 is 0.971 bits per heavy atom. The van der Waals surface area contributed by atoms with Crippen LogP contribution in [0.25, 0.3) is 5.57 Å². The summed E-state index contributed by atoms with van der Waals surface area (Å²) in [5, 5.41) is 0.669. The van der Waals surface area contributed by atoms with Gasteiger partial charge in [0, 0.05) is 29.6 Å². The molecule has 2 amide bonds. The van der Waals surface area contributed by atoms with Gasteiger partial charge in [-0.2, -0.15) is 4.99 Å². The zero-order chi connectivity index (χ0) is 23.7. The number of amides is 2. The van der Waals surface area contributed by atoms with Crippen LogP contribution in [0.1, 0.15) is 43.9 Å². The summed E-state index contributed by atoms with van der Waals surface area (Å²) >= 11 is 1.33. The van der Waals surface area contributed by atoms with Gasteiger partial charge < -0.3 is 14.5 Å². The predicted octanol–water partition coefficient (Wildman–Crippen LogP) is 4.19. The van der Waals surface area contributed by atoms with E-state index in [0.29, 0.717) is 41.9 Å². The number of para-hydroxylation sites is 1. The van der Waals surface area contributed by atoms with Crippen molar-refractivity contribution in [2.75, 3.05) is 31.2 Å². The van der Waals surface area contributed by atoms with E-state index in [4.69, 9.17) is 4.74 Å². The summed E-state index contributed by atoms with van der Waals surface area (Å²) in [4.78, 5) is 35.8. The Balaban J connectivity index is 1.51. The number of hydrogen-bond acceptors (Lipinski definition) is 5. The van der Waals surface area contributed by atoms with Gasteiger partial charge in [-0.25, -0.2) is 0 Å². The standard InChI is InChI=1S/C27H27N3O3S/c1-26(2)16-27(3,17-8-5-4-6-9-17)19-11-7-10-18-20(24(32)30(26)21(18)19)22-23(31)28-25(34-22)29-12-14-33-15-13-29/h4-11H,12-16H2,1-3H3. The Labute approximate surface area is 203 Å². The molecule has 7 heteroatoms. The molecule has 174 valence electrons. The molecule has 1 fully saturated rings. The minimum absolute atomic E-state index is 0.100. The lowest BCUT2D eigenvalue weighted by molar-refractivity contribution is -0.115. The highest BCUT2D eigenvalue weighted by Gasteiger charge is 2.53. The third-order valence-electron chi connectivity index (χ3n) is 7.44. The van der Waals surface area contributed by atoms with Crippen molar-refractivity contribution in [2.24, 2.45) is 4.99 Å². The van der Waals surface area contributed by atoms with Crippen molar-refractivity contribution in [1.82, 2.24) is 4.90 Å². The van der Waals surface area contributed by atoms with Crippen molar-refractivity contribution < 1.29 is 14.3 Å². The maximum atomic E-state index is 14.0. The smallest absolute Gasteiger partial charge is 0.287 e.